The molecule has 2 unspecified atom stereocenters. The Morgan fingerprint density at radius 2 is 1.97 bits per heavy atom. The molecule has 2 aromatic heterocycles. The minimum absolute atomic E-state index is 0.280. The lowest BCUT2D eigenvalue weighted by Gasteiger charge is -2.20. The highest BCUT2D eigenvalue weighted by atomic mass is 31.2. The van der Waals surface area contributed by atoms with Gasteiger partial charge in [0.25, 0.3) is 5.56 Å². The van der Waals surface area contributed by atoms with Crippen LogP contribution in [0.3, 0.4) is 0 Å². The summed E-state index contributed by atoms with van der Waals surface area (Å²) in [6.07, 6.45) is -6.81. The van der Waals surface area contributed by atoms with Gasteiger partial charge in [-0.15, -0.1) is 0 Å². The fraction of sp³-hybridized carbons (Fsp3) is 0.350. The number of fused-ring (bicyclic) bond motifs is 1. The summed E-state index contributed by atoms with van der Waals surface area (Å²) in [5.41, 5.74) is -1.21. The fourth-order valence-electron chi connectivity index (χ4n) is 3.78. The third-order valence-corrected chi connectivity index (χ3v) is 6.55. The first kappa shape index (κ1) is 25.9. The van der Waals surface area contributed by atoms with Gasteiger partial charge in [0, 0.05) is 23.5 Å². The molecule has 0 bridgehead atoms. The van der Waals surface area contributed by atoms with Crippen LogP contribution in [0.1, 0.15) is 11.8 Å². The summed E-state index contributed by atoms with van der Waals surface area (Å²) in [5, 5.41) is 30.6. The Morgan fingerprint density at radius 1 is 1.25 bits per heavy atom. The van der Waals surface area contributed by atoms with E-state index in [-0.39, 0.29) is 6.42 Å². The van der Waals surface area contributed by atoms with Gasteiger partial charge in [-0.2, -0.15) is 4.39 Å². The molecule has 3 aromatic rings. The highest BCUT2D eigenvalue weighted by Crippen LogP contribution is 2.46. The molecule has 1 aliphatic heterocycles. The highest BCUT2D eigenvalue weighted by Gasteiger charge is 2.45. The lowest BCUT2D eigenvalue weighted by molar-refractivity contribution is -0.146. The average molecular weight is 529 g/mol. The number of carbonyl (C=O) groups is 1. The van der Waals surface area contributed by atoms with Crippen LogP contribution < -0.4 is 11.2 Å². The number of nitrogens with one attached hydrogen (secondary N) is 2. The number of hydrogen-bond donors (Lipinski definition) is 6. The molecule has 16 heteroatoms. The Kier molecular flexibility index (Phi) is 7.24. The topological polar surface area (TPSA) is 213 Å². The fourth-order valence-corrected chi connectivity index (χ4v) is 4.66. The molecule has 0 saturated carbocycles. The van der Waals surface area contributed by atoms with E-state index in [9.17, 15) is 43.6 Å². The van der Waals surface area contributed by atoms with E-state index in [1.54, 1.807) is 35.4 Å². The second-order valence-electron chi connectivity index (χ2n) is 7.95. The molecule has 0 radical (unpaired) electrons. The zero-order valence-electron chi connectivity index (χ0n) is 18.2. The number of H-pyrrole nitrogens is 2. The van der Waals surface area contributed by atoms with Gasteiger partial charge < -0.3 is 29.9 Å². The number of carboxylic acids is 1. The number of halogens is 1. The van der Waals surface area contributed by atoms with E-state index in [4.69, 9.17) is 13.8 Å². The van der Waals surface area contributed by atoms with Gasteiger partial charge in [0.1, 0.15) is 18.3 Å². The summed E-state index contributed by atoms with van der Waals surface area (Å²) >= 11 is 0. The standard InChI is InChI=1S/C20H21FN3O11P/c21-11-7-24(20(30)23-17(11)27)18-16(26)15(25)14(34-18)8-33-36(31,32)35-13(19(28)29)5-9-6-22-12-4-2-1-3-10(9)12/h1-4,6-7,13-16,18,22,25-26H,5,8H2,(H,28,29)(H,31,32)(H,23,27,30)/t13?,14-,15-,16+,18-/m1/s1. The molecule has 0 amide bonds. The maximum Gasteiger partial charge on any atom is 0.473 e. The van der Waals surface area contributed by atoms with Crippen molar-refractivity contribution in [3.05, 3.63) is 68.9 Å². The average Bonchev–Trinajstić information content (AvgIpc) is 3.35. The zero-order valence-corrected chi connectivity index (χ0v) is 19.1. The highest BCUT2D eigenvalue weighted by molar-refractivity contribution is 7.47. The predicted octanol–water partition coefficient (Wildman–Crippen LogP) is -0.394. The molecular weight excluding hydrogens is 508 g/mol. The number of aliphatic hydroxyl groups is 2. The van der Waals surface area contributed by atoms with Crippen molar-refractivity contribution in [2.24, 2.45) is 0 Å². The predicted molar refractivity (Wildman–Crippen MR) is 117 cm³/mol. The van der Waals surface area contributed by atoms with Crippen molar-refractivity contribution >= 4 is 24.7 Å². The lowest BCUT2D eigenvalue weighted by atomic mass is 10.1. The smallest absolute Gasteiger partial charge is 0.473 e. The maximum absolute atomic E-state index is 13.6. The molecule has 194 valence electrons. The molecule has 36 heavy (non-hydrogen) atoms. The number of aliphatic carboxylic acids is 1. The molecule has 1 fully saturated rings. The van der Waals surface area contributed by atoms with E-state index in [0.717, 1.165) is 5.52 Å². The van der Waals surface area contributed by atoms with Gasteiger partial charge >= 0.3 is 19.5 Å². The van der Waals surface area contributed by atoms with Crippen molar-refractivity contribution < 1.29 is 47.7 Å². The van der Waals surface area contributed by atoms with Crippen molar-refractivity contribution in [3.8, 4) is 0 Å². The summed E-state index contributed by atoms with van der Waals surface area (Å²) < 4.78 is 41.4. The Balaban J connectivity index is 1.42. The minimum atomic E-state index is -5.04. The van der Waals surface area contributed by atoms with Crippen LogP contribution >= 0.6 is 7.82 Å². The van der Waals surface area contributed by atoms with Crippen LogP contribution in [0.2, 0.25) is 0 Å². The molecule has 0 aliphatic carbocycles. The van der Waals surface area contributed by atoms with Gasteiger partial charge in [0.15, 0.2) is 12.3 Å². The Bertz CT molecular complexity index is 1440. The zero-order chi connectivity index (χ0) is 26.2. The minimum Gasteiger partial charge on any atom is -0.479 e. The number of aromatic nitrogens is 3. The summed E-state index contributed by atoms with van der Waals surface area (Å²) in [6, 6.07) is 7.00. The van der Waals surface area contributed by atoms with Crippen LogP contribution in [-0.4, -0.2) is 71.7 Å². The van der Waals surface area contributed by atoms with Crippen molar-refractivity contribution in [3.63, 3.8) is 0 Å². The first-order chi connectivity index (χ1) is 17.0. The number of aliphatic hydroxyl groups excluding tert-OH is 2. The number of phosphoric acid groups is 1. The van der Waals surface area contributed by atoms with Gasteiger partial charge in [-0.3, -0.25) is 23.4 Å². The molecule has 4 rings (SSSR count). The first-order valence-corrected chi connectivity index (χ1v) is 11.9. The van der Waals surface area contributed by atoms with Crippen LogP contribution in [0.4, 0.5) is 4.39 Å². The molecule has 1 saturated heterocycles. The van der Waals surface area contributed by atoms with Crippen LogP contribution in [0.15, 0.2) is 46.2 Å². The summed E-state index contributed by atoms with van der Waals surface area (Å²) in [5.74, 6) is -2.90. The number of phosphoric ester groups is 1. The normalized spacial score (nSPS) is 24.6. The number of carboxylic acid groups (broad SMARTS) is 1. The molecule has 0 spiro atoms. The van der Waals surface area contributed by atoms with E-state index in [2.05, 4.69) is 4.98 Å². The molecule has 6 atom stereocenters. The largest absolute Gasteiger partial charge is 0.479 e. The molecule has 1 aromatic carbocycles. The molecular formula is C20H21FN3O11P. The second kappa shape index (κ2) is 10.1. The molecule has 1 aliphatic rings. The van der Waals surface area contributed by atoms with Crippen LogP contribution in [0.25, 0.3) is 10.9 Å². The monoisotopic (exact) mass is 529 g/mol. The number of para-hydroxylation sites is 1. The van der Waals surface area contributed by atoms with Gasteiger partial charge in [-0.05, 0) is 11.6 Å². The van der Waals surface area contributed by atoms with E-state index in [1.165, 1.54) is 0 Å². The lowest BCUT2D eigenvalue weighted by Crippen LogP contribution is -2.38. The molecule has 3 heterocycles. The van der Waals surface area contributed by atoms with Crippen molar-refractivity contribution in [1.82, 2.24) is 14.5 Å². The van der Waals surface area contributed by atoms with Crippen molar-refractivity contribution in [2.75, 3.05) is 6.61 Å². The number of ether oxygens (including phenoxy) is 1. The van der Waals surface area contributed by atoms with Crippen LogP contribution in [0.5, 0.6) is 0 Å². The van der Waals surface area contributed by atoms with Crippen molar-refractivity contribution in [1.29, 1.82) is 0 Å². The number of aromatic amines is 2. The van der Waals surface area contributed by atoms with Gasteiger partial charge in [0.05, 0.1) is 12.8 Å². The van der Waals surface area contributed by atoms with Crippen LogP contribution in [0, 0.1) is 5.82 Å². The third-order valence-electron chi connectivity index (χ3n) is 5.55. The Morgan fingerprint density at radius 3 is 2.69 bits per heavy atom. The van der Waals surface area contributed by atoms with Gasteiger partial charge in [0.2, 0.25) is 5.82 Å². The van der Waals surface area contributed by atoms with Gasteiger partial charge in [-0.25, -0.2) is 14.2 Å². The van der Waals surface area contributed by atoms with Crippen molar-refractivity contribution in [2.45, 2.75) is 37.1 Å². The Hall–Kier alpha value is -3.17. The number of nitrogens with zero attached hydrogens (tertiary/aromatic N) is 1. The second-order valence-corrected chi connectivity index (χ2v) is 9.36. The summed E-state index contributed by atoms with van der Waals surface area (Å²) in [6.45, 7) is -0.873. The number of benzene rings is 1. The van der Waals surface area contributed by atoms with E-state index < -0.39 is 68.1 Å². The SMILES string of the molecule is O=C(O)C(Cc1c[nH]c2ccccc12)OP(=O)(O)OC[C@H]1O[C@@H](n2cc(F)c(=O)[nH]c2=O)[C@@H](O)[C@@H]1O. The third kappa shape index (κ3) is 5.32. The maximum atomic E-state index is 13.6. The number of rotatable bonds is 9. The first-order valence-electron chi connectivity index (χ1n) is 10.4. The van der Waals surface area contributed by atoms with Gasteiger partial charge in [-0.1, -0.05) is 18.2 Å². The van der Waals surface area contributed by atoms with E-state index in [1.807, 2.05) is 0 Å². The Labute approximate surface area is 200 Å². The number of hydrogen-bond acceptors (Lipinski definition) is 9. The van der Waals surface area contributed by atoms with Crippen LogP contribution in [-0.2, 0) is 29.6 Å². The quantitative estimate of drug-likeness (QED) is 0.196. The van der Waals surface area contributed by atoms with E-state index >= 15 is 0 Å². The molecule has 14 nitrogen and oxygen atoms in total. The summed E-state index contributed by atoms with van der Waals surface area (Å²) in [7, 11) is -5.04. The molecule has 6 N–H and O–H groups in total. The van der Waals surface area contributed by atoms with E-state index in [0.29, 0.717) is 21.7 Å². The summed E-state index contributed by atoms with van der Waals surface area (Å²) in [4.78, 5) is 49.5.